The van der Waals surface area contributed by atoms with Crippen LogP contribution in [-0.2, 0) is 4.79 Å². The Morgan fingerprint density at radius 2 is 2.03 bits per heavy atom. The van der Waals surface area contributed by atoms with Crippen molar-refractivity contribution in [2.75, 3.05) is 26.2 Å². The van der Waals surface area contributed by atoms with Crippen LogP contribution >= 0.6 is 11.3 Å². The zero-order valence-corrected chi connectivity index (χ0v) is 18.0. The lowest BCUT2D eigenvalue weighted by Gasteiger charge is -2.49. The number of hydrogen-bond acceptors (Lipinski definition) is 5. The van der Waals surface area contributed by atoms with Gasteiger partial charge in [-0.15, -0.1) is 11.3 Å². The molecule has 2 aromatic rings. The summed E-state index contributed by atoms with van der Waals surface area (Å²) in [5.41, 5.74) is 3.24. The number of likely N-dealkylation sites (tertiary alicyclic amines) is 2. The molecule has 4 rings (SSSR count). The van der Waals surface area contributed by atoms with E-state index in [2.05, 4.69) is 18.8 Å². The second-order valence-corrected chi connectivity index (χ2v) is 9.94. The van der Waals surface area contributed by atoms with E-state index in [0.29, 0.717) is 50.5 Å². The fourth-order valence-electron chi connectivity index (χ4n) is 4.75. The molecule has 156 valence electrons. The van der Waals surface area contributed by atoms with Gasteiger partial charge in [0.05, 0.1) is 21.8 Å². The van der Waals surface area contributed by atoms with Crippen LogP contribution < -0.4 is 0 Å². The summed E-state index contributed by atoms with van der Waals surface area (Å²) in [4.78, 5) is 33.6. The number of amides is 2. The van der Waals surface area contributed by atoms with Crippen LogP contribution in [0.25, 0.3) is 10.2 Å². The minimum Gasteiger partial charge on any atom is -0.391 e. The topological polar surface area (TPSA) is 73.7 Å². The SMILES string of the molecule is CC(C)CC(=O)N1CCC2(CC1)CC(O)CN(C(=O)c1ccc3ncsc3c1)C2. The molecule has 2 amide bonds. The number of rotatable bonds is 3. The van der Waals surface area contributed by atoms with Gasteiger partial charge in [0.15, 0.2) is 0 Å². The van der Waals surface area contributed by atoms with Crippen LogP contribution in [0, 0.1) is 11.3 Å². The summed E-state index contributed by atoms with van der Waals surface area (Å²) in [6.07, 6.45) is 2.45. The van der Waals surface area contributed by atoms with E-state index >= 15 is 0 Å². The Morgan fingerprint density at radius 1 is 1.28 bits per heavy atom. The monoisotopic (exact) mass is 415 g/mol. The molecule has 1 spiro atoms. The summed E-state index contributed by atoms with van der Waals surface area (Å²) in [7, 11) is 0. The third-order valence-corrected chi connectivity index (χ3v) is 7.04. The number of β-amino-alcohol motifs (C(OH)–C–C–N with tert-alkyl or cyclic N) is 1. The number of carbonyl (C=O) groups is 2. The first-order valence-corrected chi connectivity index (χ1v) is 11.3. The third-order valence-electron chi connectivity index (χ3n) is 6.25. The molecule has 0 radical (unpaired) electrons. The van der Waals surface area contributed by atoms with Gasteiger partial charge >= 0.3 is 0 Å². The van der Waals surface area contributed by atoms with Crippen LogP contribution in [0.5, 0.6) is 0 Å². The third kappa shape index (κ3) is 4.31. The zero-order chi connectivity index (χ0) is 20.6. The molecule has 1 N–H and O–H groups in total. The van der Waals surface area contributed by atoms with Gasteiger partial charge in [-0.25, -0.2) is 4.98 Å². The second-order valence-electron chi connectivity index (χ2n) is 9.06. The highest BCUT2D eigenvalue weighted by Crippen LogP contribution is 2.40. The van der Waals surface area contributed by atoms with Gasteiger partial charge in [0.25, 0.3) is 5.91 Å². The highest BCUT2D eigenvalue weighted by molar-refractivity contribution is 7.16. The van der Waals surface area contributed by atoms with E-state index in [0.717, 1.165) is 23.1 Å². The minimum atomic E-state index is -0.516. The summed E-state index contributed by atoms with van der Waals surface area (Å²) >= 11 is 1.53. The first-order chi connectivity index (χ1) is 13.8. The van der Waals surface area contributed by atoms with Gasteiger partial charge in [-0.2, -0.15) is 0 Å². The molecular formula is C22H29N3O3S. The van der Waals surface area contributed by atoms with Gasteiger partial charge in [-0.3, -0.25) is 9.59 Å². The van der Waals surface area contributed by atoms with E-state index in [4.69, 9.17) is 0 Å². The summed E-state index contributed by atoms with van der Waals surface area (Å²) in [5.74, 6) is 0.549. The number of fused-ring (bicyclic) bond motifs is 1. The standard InChI is InChI=1S/C22H29N3O3S/c1-15(2)9-20(27)24-7-5-22(6-8-24)11-17(26)12-25(13-22)21(28)16-3-4-18-19(10-16)29-14-23-18/h3-4,10,14-15,17,26H,5-9,11-13H2,1-2H3. The summed E-state index contributed by atoms with van der Waals surface area (Å²) in [6.45, 7) is 6.58. The molecule has 0 bridgehead atoms. The van der Waals surface area contributed by atoms with Crippen LogP contribution in [0.2, 0.25) is 0 Å². The number of aromatic nitrogens is 1. The molecule has 2 aliphatic rings. The Hall–Kier alpha value is -1.99. The van der Waals surface area contributed by atoms with Crippen LogP contribution in [0.15, 0.2) is 23.7 Å². The second kappa shape index (κ2) is 8.03. The fraction of sp³-hybridized carbons (Fsp3) is 0.591. The van der Waals surface area contributed by atoms with Crippen LogP contribution in [0.1, 0.15) is 49.9 Å². The van der Waals surface area contributed by atoms with Crippen molar-refractivity contribution in [2.24, 2.45) is 11.3 Å². The molecule has 0 saturated carbocycles. The Morgan fingerprint density at radius 3 is 2.76 bits per heavy atom. The molecule has 0 aliphatic carbocycles. The van der Waals surface area contributed by atoms with Crippen molar-refractivity contribution < 1.29 is 14.7 Å². The lowest BCUT2D eigenvalue weighted by atomic mass is 9.71. The zero-order valence-electron chi connectivity index (χ0n) is 17.1. The van der Waals surface area contributed by atoms with Crippen molar-refractivity contribution in [2.45, 2.75) is 45.6 Å². The normalized spacial score (nSPS) is 21.9. The Labute approximate surface area is 175 Å². The number of benzene rings is 1. The van der Waals surface area contributed by atoms with Crippen molar-refractivity contribution in [3.63, 3.8) is 0 Å². The molecule has 1 atom stereocenters. The van der Waals surface area contributed by atoms with Crippen LogP contribution in [0.4, 0.5) is 0 Å². The summed E-state index contributed by atoms with van der Waals surface area (Å²) in [6, 6.07) is 5.61. The number of hydrogen-bond donors (Lipinski definition) is 1. The molecule has 2 fully saturated rings. The summed E-state index contributed by atoms with van der Waals surface area (Å²) < 4.78 is 1.00. The lowest BCUT2D eigenvalue weighted by molar-refractivity contribution is -0.135. The number of aliphatic hydroxyl groups excluding tert-OH is 1. The van der Waals surface area contributed by atoms with Crippen molar-refractivity contribution in [3.8, 4) is 0 Å². The molecule has 2 aliphatic heterocycles. The van der Waals surface area contributed by atoms with E-state index < -0.39 is 6.10 Å². The predicted molar refractivity (Wildman–Crippen MR) is 114 cm³/mol. The fourth-order valence-corrected chi connectivity index (χ4v) is 5.47. The van der Waals surface area contributed by atoms with E-state index in [-0.39, 0.29) is 17.2 Å². The first kappa shape index (κ1) is 20.3. The highest BCUT2D eigenvalue weighted by Gasteiger charge is 2.43. The first-order valence-electron chi connectivity index (χ1n) is 10.4. The Kier molecular flexibility index (Phi) is 5.62. The van der Waals surface area contributed by atoms with Crippen molar-refractivity contribution in [3.05, 3.63) is 29.3 Å². The molecule has 29 heavy (non-hydrogen) atoms. The highest BCUT2D eigenvalue weighted by atomic mass is 32.1. The number of piperidine rings is 2. The van der Waals surface area contributed by atoms with E-state index in [1.54, 1.807) is 5.51 Å². The molecule has 2 saturated heterocycles. The van der Waals surface area contributed by atoms with Gasteiger partial charge in [0.2, 0.25) is 5.91 Å². The Bertz CT molecular complexity index is 902. The lowest BCUT2D eigenvalue weighted by Crippen LogP contribution is -2.55. The Balaban J connectivity index is 1.45. The molecule has 6 nitrogen and oxygen atoms in total. The van der Waals surface area contributed by atoms with Crippen LogP contribution in [-0.4, -0.2) is 64.0 Å². The van der Waals surface area contributed by atoms with Gasteiger partial charge in [-0.1, -0.05) is 13.8 Å². The molecule has 1 unspecified atom stereocenters. The molecule has 7 heteroatoms. The quantitative estimate of drug-likeness (QED) is 0.836. The van der Waals surface area contributed by atoms with Gasteiger partial charge in [0.1, 0.15) is 0 Å². The molecule has 3 heterocycles. The van der Waals surface area contributed by atoms with E-state index in [9.17, 15) is 14.7 Å². The number of carbonyl (C=O) groups excluding carboxylic acids is 2. The van der Waals surface area contributed by atoms with Crippen molar-refractivity contribution in [1.29, 1.82) is 0 Å². The van der Waals surface area contributed by atoms with E-state index in [1.807, 2.05) is 28.0 Å². The maximum Gasteiger partial charge on any atom is 0.254 e. The smallest absolute Gasteiger partial charge is 0.254 e. The number of aliphatic hydroxyl groups is 1. The number of nitrogens with zero attached hydrogens (tertiary/aromatic N) is 3. The molecule has 1 aromatic heterocycles. The molecular weight excluding hydrogens is 386 g/mol. The summed E-state index contributed by atoms with van der Waals surface area (Å²) in [5, 5.41) is 10.5. The van der Waals surface area contributed by atoms with Gasteiger partial charge < -0.3 is 14.9 Å². The largest absolute Gasteiger partial charge is 0.391 e. The number of thiazole rings is 1. The maximum atomic E-state index is 13.2. The minimum absolute atomic E-state index is 0.0308. The van der Waals surface area contributed by atoms with Gasteiger partial charge in [-0.05, 0) is 48.8 Å². The molecule has 1 aromatic carbocycles. The van der Waals surface area contributed by atoms with E-state index in [1.165, 1.54) is 11.3 Å². The maximum absolute atomic E-state index is 13.2. The average Bonchev–Trinajstić information content (AvgIpc) is 3.14. The van der Waals surface area contributed by atoms with Gasteiger partial charge in [0, 0.05) is 38.2 Å². The van der Waals surface area contributed by atoms with Crippen LogP contribution in [0.3, 0.4) is 0 Å². The van der Waals surface area contributed by atoms with Crippen molar-refractivity contribution >= 4 is 33.4 Å². The van der Waals surface area contributed by atoms with Crippen molar-refractivity contribution in [1.82, 2.24) is 14.8 Å². The average molecular weight is 416 g/mol. The predicted octanol–water partition coefficient (Wildman–Crippen LogP) is 3.16.